The number of carbonyl (C=O) groups excluding carboxylic acids is 2. The molecule has 1 aliphatic heterocycles. The molecule has 0 radical (unpaired) electrons. The summed E-state index contributed by atoms with van der Waals surface area (Å²) in [6.07, 6.45) is 2.78. The van der Waals surface area contributed by atoms with E-state index in [1.807, 2.05) is 0 Å². The Morgan fingerprint density at radius 2 is 2.31 bits per heavy atom. The first kappa shape index (κ1) is 9.77. The summed E-state index contributed by atoms with van der Waals surface area (Å²) in [5.41, 5.74) is 0.661. The van der Waals surface area contributed by atoms with E-state index in [9.17, 15) is 9.59 Å². The van der Waals surface area contributed by atoms with Crippen LogP contribution in [-0.2, 0) is 14.3 Å². The van der Waals surface area contributed by atoms with Gasteiger partial charge in [-0.25, -0.2) is 4.79 Å². The van der Waals surface area contributed by atoms with Crippen molar-refractivity contribution in [1.82, 2.24) is 4.90 Å². The van der Waals surface area contributed by atoms with Crippen LogP contribution in [0.2, 0.25) is 0 Å². The Kier molecular flexibility index (Phi) is 3.06. The van der Waals surface area contributed by atoms with Gasteiger partial charge in [0.25, 0.3) is 0 Å². The number of amides is 1. The van der Waals surface area contributed by atoms with Crippen LogP contribution in [0.4, 0.5) is 0 Å². The fourth-order valence-electron chi connectivity index (χ4n) is 1.33. The molecule has 0 bridgehead atoms. The first-order chi connectivity index (χ1) is 6.15. The molecule has 0 spiro atoms. The van der Waals surface area contributed by atoms with E-state index in [-0.39, 0.29) is 5.91 Å². The number of allylic oxidation sites excluding steroid dienone is 1. The van der Waals surface area contributed by atoms with Crippen molar-refractivity contribution < 1.29 is 14.3 Å². The Morgan fingerprint density at radius 3 is 2.77 bits per heavy atom. The molecule has 4 nitrogen and oxygen atoms in total. The zero-order valence-corrected chi connectivity index (χ0v) is 7.87. The minimum absolute atomic E-state index is 0.0812. The Balaban J connectivity index is 2.65. The van der Waals surface area contributed by atoms with E-state index >= 15 is 0 Å². The van der Waals surface area contributed by atoms with Crippen LogP contribution in [0.3, 0.4) is 0 Å². The molecular formula is C9H13NO3. The molecule has 72 valence electrons. The molecule has 0 aromatic rings. The molecule has 1 saturated heterocycles. The van der Waals surface area contributed by atoms with Gasteiger partial charge >= 0.3 is 5.97 Å². The van der Waals surface area contributed by atoms with Gasteiger partial charge in [0.15, 0.2) is 0 Å². The molecule has 0 unspecified atom stereocenters. The summed E-state index contributed by atoms with van der Waals surface area (Å²) in [6, 6.07) is 0. The van der Waals surface area contributed by atoms with Crippen LogP contribution in [-0.4, -0.2) is 30.4 Å². The molecule has 1 aliphatic rings. The monoisotopic (exact) mass is 183 g/mol. The van der Waals surface area contributed by atoms with Gasteiger partial charge < -0.3 is 9.64 Å². The third kappa shape index (κ3) is 2.31. The largest absolute Gasteiger partial charge is 0.466 e. The van der Waals surface area contributed by atoms with E-state index in [4.69, 9.17) is 0 Å². The van der Waals surface area contributed by atoms with Crippen molar-refractivity contribution in [2.75, 3.05) is 13.7 Å². The van der Waals surface area contributed by atoms with Crippen LogP contribution in [0.15, 0.2) is 11.8 Å². The standard InChI is InChI=1S/C9H13NO3/c1-7(6-9(12)13-2)10-5-3-4-8(10)11/h6H,3-5H2,1-2H3/b7-6-. The highest BCUT2D eigenvalue weighted by atomic mass is 16.5. The Labute approximate surface area is 77.2 Å². The topological polar surface area (TPSA) is 46.6 Å². The highest BCUT2D eigenvalue weighted by Gasteiger charge is 2.21. The van der Waals surface area contributed by atoms with Crippen LogP contribution in [0.1, 0.15) is 19.8 Å². The van der Waals surface area contributed by atoms with Crippen molar-refractivity contribution in [3.8, 4) is 0 Å². The molecule has 0 aliphatic carbocycles. The third-order valence-corrected chi connectivity index (χ3v) is 2.03. The lowest BCUT2D eigenvalue weighted by Gasteiger charge is -2.15. The minimum Gasteiger partial charge on any atom is -0.466 e. The van der Waals surface area contributed by atoms with Crippen LogP contribution in [0.5, 0.6) is 0 Å². The molecule has 1 fully saturated rings. The minimum atomic E-state index is -0.419. The quantitative estimate of drug-likeness (QED) is 0.467. The summed E-state index contributed by atoms with van der Waals surface area (Å²) >= 11 is 0. The van der Waals surface area contributed by atoms with Crippen LogP contribution >= 0.6 is 0 Å². The maximum atomic E-state index is 11.2. The van der Waals surface area contributed by atoms with E-state index in [2.05, 4.69) is 4.74 Å². The maximum Gasteiger partial charge on any atom is 0.332 e. The maximum absolute atomic E-state index is 11.2. The Hall–Kier alpha value is -1.32. The second-order valence-electron chi connectivity index (χ2n) is 2.96. The van der Waals surface area contributed by atoms with Crippen molar-refractivity contribution >= 4 is 11.9 Å². The lowest BCUT2D eigenvalue weighted by Crippen LogP contribution is -2.23. The van der Waals surface area contributed by atoms with Gasteiger partial charge in [0.05, 0.1) is 7.11 Å². The number of rotatable bonds is 2. The summed E-state index contributed by atoms with van der Waals surface area (Å²) in [5, 5.41) is 0. The number of methoxy groups -OCH3 is 1. The molecular weight excluding hydrogens is 170 g/mol. The van der Waals surface area contributed by atoms with Crippen molar-refractivity contribution in [3.63, 3.8) is 0 Å². The summed E-state index contributed by atoms with van der Waals surface area (Å²) in [7, 11) is 1.32. The smallest absolute Gasteiger partial charge is 0.332 e. The number of carbonyl (C=O) groups is 2. The first-order valence-corrected chi connectivity index (χ1v) is 4.21. The zero-order chi connectivity index (χ0) is 9.84. The average Bonchev–Trinajstić information content (AvgIpc) is 2.51. The fourth-order valence-corrected chi connectivity index (χ4v) is 1.33. The van der Waals surface area contributed by atoms with Crippen LogP contribution in [0, 0.1) is 0 Å². The first-order valence-electron chi connectivity index (χ1n) is 4.21. The third-order valence-electron chi connectivity index (χ3n) is 2.03. The van der Waals surface area contributed by atoms with Crippen molar-refractivity contribution in [2.24, 2.45) is 0 Å². The normalized spacial score (nSPS) is 17.8. The molecule has 0 saturated carbocycles. The zero-order valence-electron chi connectivity index (χ0n) is 7.87. The number of likely N-dealkylation sites (tertiary alicyclic amines) is 1. The van der Waals surface area contributed by atoms with E-state index in [1.54, 1.807) is 11.8 Å². The second kappa shape index (κ2) is 4.07. The molecule has 0 atom stereocenters. The van der Waals surface area contributed by atoms with Crippen molar-refractivity contribution in [3.05, 3.63) is 11.8 Å². The number of hydrogen-bond donors (Lipinski definition) is 0. The fraction of sp³-hybridized carbons (Fsp3) is 0.556. The van der Waals surface area contributed by atoms with Gasteiger partial charge in [-0.3, -0.25) is 4.79 Å². The lowest BCUT2D eigenvalue weighted by molar-refractivity contribution is -0.135. The van der Waals surface area contributed by atoms with Crippen LogP contribution in [0.25, 0.3) is 0 Å². The number of ether oxygens (including phenoxy) is 1. The number of hydrogen-bond acceptors (Lipinski definition) is 3. The Bertz CT molecular complexity index is 258. The highest BCUT2D eigenvalue weighted by molar-refractivity contribution is 5.85. The van der Waals surface area contributed by atoms with Gasteiger partial charge in [-0.05, 0) is 13.3 Å². The van der Waals surface area contributed by atoms with E-state index < -0.39 is 5.97 Å². The van der Waals surface area contributed by atoms with Crippen molar-refractivity contribution in [1.29, 1.82) is 0 Å². The van der Waals surface area contributed by atoms with Gasteiger partial charge in [-0.2, -0.15) is 0 Å². The molecule has 1 rings (SSSR count). The average molecular weight is 183 g/mol. The predicted octanol–water partition coefficient (Wildman–Crippen LogP) is 0.686. The van der Waals surface area contributed by atoms with E-state index in [0.29, 0.717) is 18.7 Å². The highest BCUT2D eigenvalue weighted by Crippen LogP contribution is 2.15. The molecule has 4 heteroatoms. The number of esters is 1. The van der Waals surface area contributed by atoms with Gasteiger partial charge in [-0.15, -0.1) is 0 Å². The summed E-state index contributed by atoms with van der Waals surface area (Å²) in [5.74, 6) is -0.338. The van der Waals surface area contributed by atoms with Gasteiger partial charge in [0.1, 0.15) is 0 Å². The molecule has 13 heavy (non-hydrogen) atoms. The molecule has 0 aromatic heterocycles. The summed E-state index contributed by atoms with van der Waals surface area (Å²) in [6.45, 7) is 2.44. The van der Waals surface area contributed by atoms with Crippen LogP contribution < -0.4 is 0 Å². The molecule has 0 N–H and O–H groups in total. The molecule has 1 heterocycles. The summed E-state index contributed by atoms with van der Waals surface area (Å²) < 4.78 is 4.46. The van der Waals surface area contributed by atoms with E-state index in [1.165, 1.54) is 13.2 Å². The predicted molar refractivity (Wildman–Crippen MR) is 46.7 cm³/mol. The molecule has 1 amide bonds. The SMILES string of the molecule is COC(=O)/C=C(/C)N1CCCC1=O. The lowest BCUT2D eigenvalue weighted by atomic mass is 10.4. The van der Waals surface area contributed by atoms with Gasteiger partial charge in [-0.1, -0.05) is 0 Å². The van der Waals surface area contributed by atoms with Gasteiger partial charge in [0.2, 0.25) is 5.91 Å². The van der Waals surface area contributed by atoms with E-state index in [0.717, 1.165) is 6.42 Å². The second-order valence-corrected chi connectivity index (χ2v) is 2.96. The van der Waals surface area contributed by atoms with Crippen molar-refractivity contribution in [2.45, 2.75) is 19.8 Å². The molecule has 0 aromatic carbocycles. The Morgan fingerprint density at radius 1 is 1.62 bits per heavy atom. The summed E-state index contributed by atoms with van der Waals surface area (Å²) in [4.78, 5) is 23.7. The van der Waals surface area contributed by atoms with Gasteiger partial charge in [0, 0.05) is 24.7 Å². The number of nitrogens with zero attached hydrogens (tertiary/aromatic N) is 1.